The number of hydrogen-bond donors (Lipinski definition) is 1. The molecule has 3 heterocycles. The van der Waals surface area contributed by atoms with Crippen molar-refractivity contribution in [2.75, 3.05) is 20.2 Å². The standard InChI is InChI=1S/C16H22N2O5/c1-12-9(19)17-7-6-8-18-10(20)13(2,14(12,3)11(21)23-5)15(12,4)16(17,18)22/h22H,6-8H2,1-5H3/t12-,13+,14?,15?,16?. The van der Waals surface area contributed by atoms with E-state index in [1.807, 2.05) is 0 Å². The van der Waals surface area contributed by atoms with Gasteiger partial charge in [0, 0.05) is 13.1 Å². The molecule has 0 radical (unpaired) electrons. The van der Waals surface area contributed by atoms with Crippen LogP contribution in [0.5, 0.6) is 0 Å². The number of esters is 1. The first-order valence-electron chi connectivity index (χ1n) is 7.98. The first kappa shape index (κ1) is 14.9. The summed E-state index contributed by atoms with van der Waals surface area (Å²) in [7, 11) is 1.27. The second kappa shape index (κ2) is 3.41. The predicted octanol–water partition coefficient (Wildman–Crippen LogP) is -0.0676. The maximum absolute atomic E-state index is 13.2. The molecule has 0 aromatic rings. The summed E-state index contributed by atoms with van der Waals surface area (Å²) in [5.74, 6) is -2.78. The highest BCUT2D eigenvalue weighted by Gasteiger charge is 3.01. The number of carbonyl (C=O) groups is 3. The topological polar surface area (TPSA) is 87.2 Å². The Balaban J connectivity index is 2.09. The third-order valence-corrected chi connectivity index (χ3v) is 8.13. The van der Waals surface area contributed by atoms with E-state index in [4.69, 9.17) is 4.74 Å². The van der Waals surface area contributed by atoms with Gasteiger partial charge >= 0.3 is 5.97 Å². The SMILES string of the molecule is COC(=O)C1(C)[C@]2(C)C(=O)N3CCCN4C(=O)[C@@]1(C)C2(C)C34O. The van der Waals surface area contributed by atoms with E-state index < -0.39 is 33.5 Å². The number of ether oxygens (including phenoxy) is 1. The summed E-state index contributed by atoms with van der Waals surface area (Å²) >= 11 is 0. The van der Waals surface area contributed by atoms with Crippen LogP contribution in [-0.2, 0) is 19.1 Å². The molecule has 126 valence electrons. The van der Waals surface area contributed by atoms with Crippen molar-refractivity contribution >= 4 is 17.8 Å². The van der Waals surface area contributed by atoms with Crippen molar-refractivity contribution in [2.45, 2.75) is 40.0 Å². The van der Waals surface area contributed by atoms with Gasteiger partial charge in [-0.1, -0.05) is 6.92 Å². The van der Waals surface area contributed by atoms with E-state index in [0.29, 0.717) is 19.5 Å². The monoisotopic (exact) mass is 322 g/mol. The number of carbonyl (C=O) groups excluding carboxylic acids is 3. The predicted molar refractivity (Wildman–Crippen MR) is 77.4 cm³/mol. The third kappa shape index (κ3) is 0.861. The van der Waals surface area contributed by atoms with Crippen molar-refractivity contribution in [3.05, 3.63) is 0 Å². The largest absolute Gasteiger partial charge is 0.469 e. The van der Waals surface area contributed by atoms with Gasteiger partial charge in [-0.3, -0.25) is 24.2 Å². The number of methoxy groups -OCH3 is 1. The molecule has 0 aromatic carbocycles. The average Bonchev–Trinajstić information content (AvgIpc) is 2.76. The van der Waals surface area contributed by atoms with Crippen LogP contribution in [0, 0.1) is 21.7 Å². The zero-order valence-electron chi connectivity index (χ0n) is 14.1. The van der Waals surface area contributed by atoms with Crippen LogP contribution in [0.1, 0.15) is 34.1 Å². The zero-order chi connectivity index (χ0) is 17.2. The molecule has 4 rings (SSSR count). The molecular weight excluding hydrogens is 300 g/mol. The van der Waals surface area contributed by atoms with Gasteiger partial charge in [0.15, 0.2) is 0 Å². The summed E-state index contributed by atoms with van der Waals surface area (Å²) < 4.78 is 4.98. The van der Waals surface area contributed by atoms with Gasteiger partial charge in [0.2, 0.25) is 17.7 Å². The van der Waals surface area contributed by atoms with E-state index >= 15 is 0 Å². The molecule has 1 aliphatic carbocycles. The summed E-state index contributed by atoms with van der Waals surface area (Å²) in [5.41, 5.74) is -4.76. The Morgan fingerprint density at radius 1 is 1.04 bits per heavy atom. The van der Waals surface area contributed by atoms with Crippen molar-refractivity contribution in [3.8, 4) is 0 Å². The molecule has 7 nitrogen and oxygen atoms in total. The minimum absolute atomic E-state index is 0.273. The van der Waals surface area contributed by atoms with Crippen molar-refractivity contribution in [1.82, 2.24) is 9.80 Å². The Kier molecular flexibility index (Phi) is 2.21. The molecular formula is C16H22N2O5. The Labute approximate surface area is 134 Å². The van der Waals surface area contributed by atoms with Gasteiger partial charge in [0.1, 0.15) is 0 Å². The summed E-state index contributed by atoms with van der Waals surface area (Å²) in [6.45, 7) is 7.56. The van der Waals surface area contributed by atoms with Gasteiger partial charge in [-0.25, -0.2) is 0 Å². The van der Waals surface area contributed by atoms with Crippen molar-refractivity contribution in [1.29, 1.82) is 0 Å². The van der Waals surface area contributed by atoms with Crippen LogP contribution in [0.3, 0.4) is 0 Å². The molecule has 0 bridgehead atoms. The van der Waals surface area contributed by atoms with Crippen LogP contribution in [-0.4, -0.2) is 58.7 Å². The summed E-state index contributed by atoms with van der Waals surface area (Å²) in [6.07, 6.45) is 0.622. The van der Waals surface area contributed by atoms with Crippen LogP contribution < -0.4 is 0 Å². The van der Waals surface area contributed by atoms with Crippen LogP contribution >= 0.6 is 0 Å². The number of rotatable bonds is 1. The Morgan fingerprint density at radius 2 is 1.48 bits per heavy atom. The molecule has 23 heavy (non-hydrogen) atoms. The molecule has 1 saturated carbocycles. The quantitative estimate of drug-likeness (QED) is 0.683. The van der Waals surface area contributed by atoms with Crippen LogP contribution in [0.2, 0.25) is 0 Å². The summed E-state index contributed by atoms with van der Waals surface area (Å²) in [6, 6.07) is 0. The fourth-order valence-electron chi connectivity index (χ4n) is 6.49. The van der Waals surface area contributed by atoms with Gasteiger partial charge < -0.3 is 9.84 Å². The molecule has 4 aliphatic rings. The zero-order valence-corrected chi connectivity index (χ0v) is 14.1. The lowest BCUT2D eigenvalue weighted by molar-refractivity contribution is -0.319. The van der Waals surface area contributed by atoms with E-state index in [1.165, 1.54) is 16.9 Å². The first-order chi connectivity index (χ1) is 10.5. The molecule has 5 atom stereocenters. The lowest BCUT2D eigenvalue weighted by Crippen LogP contribution is -2.80. The molecule has 2 amide bonds. The normalized spacial score (nSPS) is 53.3. The fourth-order valence-corrected chi connectivity index (χ4v) is 6.49. The van der Waals surface area contributed by atoms with Gasteiger partial charge in [0.25, 0.3) is 0 Å². The molecule has 4 fully saturated rings. The molecule has 3 unspecified atom stereocenters. The van der Waals surface area contributed by atoms with Crippen molar-refractivity contribution in [2.24, 2.45) is 21.7 Å². The molecule has 0 aromatic heterocycles. The molecule has 7 heteroatoms. The Hall–Kier alpha value is -1.63. The lowest BCUT2D eigenvalue weighted by Gasteiger charge is -2.69. The molecule has 3 saturated heterocycles. The number of hydrogen-bond acceptors (Lipinski definition) is 5. The maximum atomic E-state index is 13.2. The third-order valence-electron chi connectivity index (χ3n) is 8.13. The van der Waals surface area contributed by atoms with Crippen LogP contribution in [0.4, 0.5) is 0 Å². The number of nitrogens with zero attached hydrogens (tertiary/aromatic N) is 2. The van der Waals surface area contributed by atoms with E-state index in [-0.39, 0.29) is 11.8 Å². The van der Waals surface area contributed by atoms with E-state index in [1.54, 1.807) is 27.7 Å². The Bertz CT molecular complexity index is 650. The smallest absolute Gasteiger partial charge is 0.313 e. The van der Waals surface area contributed by atoms with Crippen molar-refractivity contribution < 1.29 is 24.2 Å². The second-order valence-electron chi connectivity index (χ2n) is 7.89. The minimum atomic E-state index is -1.66. The van der Waals surface area contributed by atoms with Gasteiger partial charge in [-0.05, 0) is 27.2 Å². The minimum Gasteiger partial charge on any atom is -0.469 e. The molecule has 1 N–H and O–H groups in total. The van der Waals surface area contributed by atoms with Crippen LogP contribution in [0.25, 0.3) is 0 Å². The highest BCUT2D eigenvalue weighted by Crippen LogP contribution is 2.88. The van der Waals surface area contributed by atoms with Crippen molar-refractivity contribution in [3.63, 3.8) is 0 Å². The van der Waals surface area contributed by atoms with E-state index in [0.717, 1.165) is 0 Å². The summed E-state index contributed by atoms with van der Waals surface area (Å²) in [5, 5.41) is 11.5. The molecule has 3 aliphatic heterocycles. The van der Waals surface area contributed by atoms with Gasteiger partial charge in [-0.2, -0.15) is 0 Å². The second-order valence-corrected chi connectivity index (χ2v) is 7.89. The maximum Gasteiger partial charge on any atom is 0.313 e. The van der Waals surface area contributed by atoms with Crippen LogP contribution in [0.15, 0.2) is 0 Å². The van der Waals surface area contributed by atoms with E-state index in [2.05, 4.69) is 0 Å². The summed E-state index contributed by atoms with van der Waals surface area (Å²) in [4.78, 5) is 41.9. The van der Waals surface area contributed by atoms with Gasteiger partial charge in [0.05, 0.1) is 28.8 Å². The van der Waals surface area contributed by atoms with Gasteiger partial charge in [-0.15, -0.1) is 0 Å². The average molecular weight is 322 g/mol. The molecule has 0 spiro atoms. The van der Waals surface area contributed by atoms with E-state index in [9.17, 15) is 19.5 Å². The Morgan fingerprint density at radius 3 is 1.87 bits per heavy atom. The number of aliphatic hydroxyl groups is 1. The lowest BCUT2D eigenvalue weighted by atomic mass is 9.27. The highest BCUT2D eigenvalue weighted by molar-refractivity contribution is 6.08. The first-order valence-corrected chi connectivity index (χ1v) is 7.98. The fraction of sp³-hybridized carbons (Fsp3) is 0.812. The number of amides is 2. The highest BCUT2D eigenvalue weighted by atomic mass is 16.5.